The van der Waals surface area contributed by atoms with Crippen LogP contribution in [0.25, 0.3) is 0 Å². The van der Waals surface area contributed by atoms with Gasteiger partial charge in [-0.3, -0.25) is 4.90 Å². The van der Waals surface area contributed by atoms with Crippen LogP contribution in [-0.4, -0.2) is 43.3 Å². The van der Waals surface area contributed by atoms with Gasteiger partial charge in [0.1, 0.15) is 0 Å². The Kier molecular flexibility index (Phi) is 4.22. The molecule has 16 heavy (non-hydrogen) atoms. The van der Waals surface area contributed by atoms with Gasteiger partial charge >= 0.3 is 0 Å². The Bertz CT molecular complexity index is 206. The smallest absolute Gasteiger partial charge is 0.0594 e. The van der Waals surface area contributed by atoms with E-state index < -0.39 is 0 Å². The number of nitrogens with zero attached hydrogens (tertiary/aromatic N) is 1. The van der Waals surface area contributed by atoms with Gasteiger partial charge in [-0.2, -0.15) is 0 Å². The molecule has 1 heterocycles. The maximum atomic E-state index is 6.07. The Balaban J connectivity index is 1.96. The summed E-state index contributed by atoms with van der Waals surface area (Å²) in [4.78, 5) is 2.60. The summed E-state index contributed by atoms with van der Waals surface area (Å²) in [6.45, 7) is 7.07. The average molecular weight is 226 g/mol. The Morgan fingerprint density at radius 3 is 2.38 bits per heavy atom. The van der Waals surface area contributed by atoms with Gasteiger partial charge in [0, 0.05) is 25.2 Å². The van der Waals surface area contributed by atoms with Crippen molar-refractivity contribution in [3.8, 4) is 0 Å². The minimum absolute atomic E-state index is 0.301. The van der Waals surface area contributed by atoms with Crippen LogP contribution >= 0.6 is 0 Å². The van der Waals surface area contributed by atoms with Gasteiger partial charge in [-0.05, 0) is 31.6 Å². The van der Waals surface area contributed by atoms with Crippen molar-refractivity contribution in [3.05, 3.63) is 0 Å². The van der Waals surface area contributed by atoms with Crippen molar-refractivity contribution in [1.29, 1.82) is 0 Å². The van der Waals surface area contributed by atoms with Gasteiger partial charge in [0.05, 0.1) is 13.2 Å². The van der Waals surface area contributed by atoms with Crippen LogP contribution in [0.1, 0.15) is 39.0 Å². The maximum absolute atomic E-state index is 6.07. The molecule has 94 valence electrons. The summed E-state index contributed by atoms with van der Waals surface area (Å²) in [5.74, 6) is 0.945. The van der Waals surface area contributed by atoms with Crippen molar-refractivity contribution in [3.63, 3.8) is 0 Å². The summed E-state index contributed by atoms with van der Waals surface area (Å²) in [6.07, 6.45) is 6.66. The van der Waals surface area contributed by atoms with E-state index in [0.717, 1.165) is 38.8 Å². The molecule has 0 radical (unpaired) electrons. The Morgan fingerprint density at radius 1 is 1.25 bits per heavy atom. The van der Waals surface area contributed by atoms with Gasteiger partial charge in [0.15, 0.2) is 0 Å². The van der Waals surface area contributed by atoms with E-state index in [9.17, 15) is 0 Å². The van der Waals surface area contributed by atoms with Crippen LogP contribution in [-0.2, 0) is 4.74 Å². The van der Waals surface area contributed by atoms with Crippen LogP contribution in [0.4, 0.5) is 0 Å². The molecule has 0 amide bonds. The summed E-state index contributed by atoms with van der Waals surface area (Å²) in [5.41, 5.74) is 6.37. The third-order valence-corrected chi connectivity index (χ3v) is 4.68. The molecule has 1 aliphatic heterocycles. The SMILES string of the molecule is CCC1CCC(CN)(N2CCOCC2)CC1. The summed E-state index contributed by atoms with van der Waals surface area (Å²) in [7, 11) is 0. The first kappa shape index (κ1) is 12.3. The van der Waals surface area contributed by atoms with Crippen molar-refractivity contribution < 1.29 is 4.74 Å². The quantitative estimate of drug-likeness (QED) is 0.794. The van der Waals surface area contributed by atoms with E-state index in [1.165, 1.54) is 32.1 Å². The number of hydrogen-bond acceptors (Lipinski definition) is 3. The van der Waals surface area contributed by atoms with E-state index in [4.69, 9.17) is 10.5 Å². The zero-order valence-corrected chi connectivity index (χ0v) is 10.6. The highest BCUT2D eigenvalue weighted by Crippen LogP contribution is 2.37. The van der Waals surface area contributed by atoms with Gasteiger partial charge in [-0.15, -0.1) is 0 Å². The predicted octanol–water partition coefficient (Wildman–Crippen LogP) is 1.62. The van der Waals surface area contributed by atoms with Crippen LogP contribution in [0.2, 0.25) is 0 Å². The molecule has 1 aliphatic carbocycles. The molecule has 2 aliphatic rings. The topological polar surface area (TPSA) is 38.5 Å². The zero-order chi connectivity index (χ0) is 11.4. The summed E-state index contributed by atoms with van der Waals surface area (Å²) in [6, 6.07) is 0. The molecular formula is C13H26N2O. The number of rotatable bonds is 3. The third kappa shape index (κ3) is 2.41. The number of nitrogens with two attached hydrogens (primary N) is 1. The van der Waals surface area contributed by atoms with Gasteiger partial charge in [0.2, 0.25) is 0 Å². The molecule has 3 heteroatoms. The fourth-order valence-corrected chi connectivity index (χ4v) is 3.31. The first-order chi connectivity index (χ1) is 7.80. The first-order valence-corrected chi connectivity index (χ1v) is 6.83. The molecule has 1 saturated carbocycles. The molecule has 2 N–H and O–H groups in total. The Labute approximate surface area is 99.3 Å². The molecule has 0 unspecified atom stereocenters. The minimum atomic E-state index is 0.301. The predicted molar refractivity (Wildman–Crippen MR) is 66.4 cm³/mol. The molecule has 0 spiro atoms. The highest BCUT2D eigenvalue weighted by atomic mass is 16.5. The highest BCUT2D eigenvalue weighted by Gasteiger charge is 2.39. The molecule has 0 atom stereocenters. The summed E-state index contributed by atoms with van der Waals surface area (Å²) in [5, 5.41) is 0. The van der Waals surface area contributed by atoms with E-state index in [-0.39, 0.29) is 0 Å². The second-order valence-electron chi connectivity index (χ2n) is 5.38. The van der Waals surface area contributed by atoms with Crippen molar-refractivity contribution >= 4 is 0 Å². The maximum Gasteiger partial charge on any atom is 0.0594 e. The molecule has 2 rings (SSSR count). The largest absolute Gasteiger partial charge is 0.379 e. The lowest BCUT2D eigenvalue weighted by molar-refractivity contribution is -0.0390. The first-order valence-electron chi connectivity index (χ1n) is 6.83. The molecule has 0 aromatic rings. The average Bonchev–Trinajstić information content (AvgIpc) is 2.40. The van der Waals surface area contributed by atoms with E-state index in [1.54, 1.807) is 0 Å². The summed E-state index contributed by atoms with van der Waals surface area (Å²) >= 11 is 0. The standard InChI is InChI=1S/C13H26N2O/c1-2-12-3-5-13(11-14,6-4-12)15-7-9-16-10-8-15/h12H,2-11,14H2,1H3. The lowest BCUT2D eigenvalue weighted by Crippen LogP contribution is -2.58. The molecular weight excluding hydrogens is 200 g/mol. The second kappa shape index (κ2) is 5.48. The molecule has 2 fully saturated rings. The minimum Gasteiger partial charge on any atom is -0.379 e. The van der Waals surface area contributed by atoms with Crippen LogP contribution < -0.4 is 5.73 Å². The van der Waals surface area contributed by atoms with E-state index in [1.807, 2.05) is 0 Å². The molecule has 0 aromatic carbocycles. The fraction of sp³-hybridized carbons (Fsp3) is 1.00. The Hall–Kier alpha value is -0.120. The van der Waals surface area contributed by atoms with Crippen LogP contribution in [0.5, 0.6) is 0 Å². The third-order valence-electron chi connectivity index (χ3n) is 4.68. The van der Waals surface area contributed by atoms with Gasteiger partial charge in [-0.1, -0.05) is 13.3 Å². The van der Waals surface area contributed by atoms with E-state index in [0.29, 0.717) is 5.54 Å². The van der Waals surface area contributed by atoms with Crippen LogP contribution in [0.3, 0.4) is 0 Å². The molecule has 0 aromatic heterocycles. The van der Waals surface area contributed by atoms with Crippen molar-refractivity contribution in [2.45, 2.75) is 44.6 Å². The Morgan fingerprint density at radius 2 is 1.88 bits per heavy atom. The van der Waals surface area contributed by atoms with Crippen molar-refractivity contribution in [2.24, 2.45) is 11.7 Å². The number of morpholine rings is 1. The monoisotopic (exact) mass is 226 g/mol. The number of hydrogen-bond donors (Lipinski definition) is 1. The number of ether oxygens (including phenoxy) is 1. The summed E-state index contributed by atoms with van der Waals surface area (Å²) < 4.78 is 5.44. The van der Waals surface area contributed by atoms with Crippen molar-refractivity contribution in [2.75, 3.05) is 32.8 Å². The van der Waals surface area contributed by atoms with E-state index in [2.05, 4.69) is 11.8 Å². The van der Waals surface area contributed by atoms with Gasteiger partial charge in [-0.25, -0.2) is 0 Å². The van der Waals surface area contributed by atoms with Crippen LogP contribution in [0, 0.1) is 5.92 Å². The normalized spacial score (nSPS) is 37.5. The molecule has 1 saturated heterocycles. The lowest BCUT2D eigenvalue weighted by atomic mass is 9.74. The van der Waals surface area contributed by atoms with Gasteiger partial charge in [0.25, 0.3) is 0 Å². The van der Waals surface area contributed by atoms with Crippen LogP contribution in [0.15, 0.2) is 0 Å². The van der Waals surface area contributed by atoms with E-state index >= 15 is 0 Å². The molecule has 0 bridgehead atoms. The fourth-order valence-electron chi connectivity index (χ4n) is 3.31. The second-order valence-corrected chi connectivity index (χ2v) is 5.38. The zero-order valence-electron chi connectivity index (χ0n) is 10.6. The molecule has 3 nitrogen and oxygen atoms in total. The van der Waals surface area contributed by atoms with Crippen molar-refractivity contribution in [1.82, 2.24) is 4.90 Å². The highest BCUT2D eigenvalue weighted by molar-refractivity contribution is 4.96. The van der Waals surface area contributed by atoms with Gasteiger partial charge < -0.3 is 10.5 Å². The lowest BCUT2D eigenvalue weighted by Gasteiger charge is -2.49.